The molecule has 9 heteroatoms. The number of fused-ring (bicyclic) bond motifs is 5. The minimum Gasteiger partial charge on any atom is -0.508 e. The molecule has 0 amide bonds. The summed E-state index contributed by atoms with van der Waals surface area (Å²) < 4.78 is 2.55. The van der Waals surface area contributed by atoms with Gasteiger partial charge in [0.2, 0.25) is 0 Å². The van der Waals surface area contributed by atoms with E-state index in [0.29, 0.717) is 0 Å². The molecule has 0 unspecified atom stereocenters. The predicted molar refractivity (Wildman–Crippen MR) is 248 cm³/mol. The summed E-state index contributed by atoms with van der Waals surface area (Å²) in [6.07, 6.45) is 0. The molecule has 9 rings (SSSR count). The molecule has 1 heterocycles. The number of phenols is 2. The Labute approximate surface area is 319 Å². The van der Waals surface area contributed by atoms with Crippen LogP contribution in [0.3, 0.4) is 0 Å². The van der Waals surface area contributed by atoms with Crippen LogP contribution < -0.4 is 32.8 Å². The van der Waals surface area contributed by atoms with Gasteiger partial charge in [0.15, 0.2) is 0 Å². The van der Waals surface area contributed by atoms with Gasteiger partial charge < -0.3 is 10.2 Å². The third kappa shape index (κ3) is 4.94. The van der Waals surface area contributed by atoms with Crippen molar-refractivity contribution < 1.29 is 10.2 Å². The lowest BCUT2D eigenvalue weighted by Gasteiger charge is -2.26. The molecule has 0 aliphatic rings. The highest BCUT2D eigenvalue weighted by Crippen LogP contribution is 2.48. The van der Waals surface area contributed by atoms with Gasteiger partial charge >= 0.3 is 0 Å². The molecule has 9 aromatic rings. The molecule has 0 radical (unpaired) electrons. The van der Waals surface area contributed by atoms with Crippen LogP contribution in [0.4, 0.5) is 0 Å². The van der Waals surface area contributed by atoms with Crippen molar-refractivity contribution in [3.8, 4) is 56.0 Å². The molecular formula is C44H34B6O2S. The largest absolute Gasteiger partial charge is 0.508 e. The molecule has 8 aromatic carbocycles. The maximum absolute atomic E-state index is 12.1. The average Bonchev–Trinajstić information content (AvgIpc) is 3.58. The van der Waals surface area contributed by atoms with Crippen LogP contribution in [-0.2, 0) is 0 Å². The zero-order chi connectivity index (χ0) is 36.7. The number of hydrogen-bond acceptors (Lipinski definition) is 3. The van der Waals surface area contributed by atoms with Crippen LogP contribution >= 0.6 is 11.3 Å². The van der Waals surface area contributed by atoms with Gasteiger partial charge in [-0.2, -0.15) is 0 Å². The first-order valence-electron chi connectivity index (χ1n) is 18.2. The van der Waals surface area contributed by atoms with E-state index in [4.69, 9.17) is 0 Å². The highest BCUT2D eigenvalue weighted by molar-refractivity contribution is 7.26. The minimum atomic E-state index is 0.264. The summed E-state index contributed by atoms with van der Waals surface area (Å²) in [5, 5.41) is 30.4. The van der Waals surface area contributed by atoms with Crippen LogP contribution in [0.5, 0.6) is 11.5 Å². The van der Waals surface area contributed by atoms with Crippen molar-refractivity contribution in [2.24, 2.45) is 0 Å². The van der Waals surface area contributed by atoms with Crippen LogP contribution in [0.2, 0.25) is 0 Å². The Morgan fingerprint density at radius 3 is 1.36 bits per heavy atom. The first kappa shape index (κ1) is 33.3. The number of benzene rings is 8. The van der Waals surface area contributed by atoms with E-state index in [2.05, 4.69) is 135 Å². The Hall–Kier alpha value is -5.51. The van der Waals surface area contributed by atoms with E-state index < -0.39 is 0 Å². The smallest absolute Gasteiger partial charge is 0.143 e. The van der Waals surface area contributed by atoms with Gasteiger partial charge in [-0.25, -0.2) is 0 Å². The molecule has 0 saturated heterocycles. The maximum Gasteiger partial charge on any atom is 0.143 e. The normalized spacial score (nSPS) is 11.6. The number of aromatic hydroxyl groups is 2. The Kier molecular flexibility index (Phi) is 7.90. The van der Waals surface area contributed by atoms with E-state index in [9.17, 15) is 10.2 Å². The molecule has 0 spiro atoms. The van der Waals surface area contributed by atoms with Crippen molar-refractivity contribution in [3.05, 3.63) is 121 Å². The zero-order valence-corrected chi connectivity index (χ0v) is 31.7. The molecule has 0 bridgehead atoms. The van der Waals surface area contributed by atoms with Gasteiger partial charge in [-0.3, -0.25) is 0 Å². The van der Waals surface area contributed by atoms with Crippen LogP contribution in [0.1, 0.15) is 0 Å². The Morgan fingerprint density at radius 2 is 0.792 bits per heavy atom. The van der Waals surface area contributed by atoms with Gasteiger partial charge in [-0.05, 0) is 61.8 Å². The Morgan fingerprint density at radius 1 is 0.340 bits per heavy atom. The van der Waals surface area contributed by atoms with Crippen molar-refractivity contribution in [2.75, 3.05) is 0 Å². The number of phenolic OH excluding ortho intramolecular Hbond substituents is 2. The SMILES string of the molecule is Bc1c(B)c(O)c2c(-c3ccccc3)c3c(O)c(B)c(B)c(B)c3c(-c3ccc(-c4c(-c5ccccc5)ccc5sc6ccccc6c45)cc3)c2c1B. The van der Waals surface area contributed by atoms with E-state index in [-0.39, 0.29) is 11.5 Å². The molecular weight excluding hydrogens is 657 g/mol. The van der Waals surface area contributed by atoms with E-state index in [0.717, 1.165) is 82.1 Å². The summed E-state index contributed by atoms with van der Waals surface area (Å²) >= 11 is 1.84. The molecule has 0 saturated carbocycles. The molecule has 0 fully saturated rings. The van der Waals surface area contributed by atoms with E-state index >= 15 is 0 Å². The predicted octanol–water partition coefficient (Wildman–Crippen LogP) is 1.99. The first-order chi connectivity index (χ1) is 25.7. The lowest BCUT2D eigenvalue weighted by atomic mass is 9.64. The second-order valence-electron chi connectivity index (χ2n) is 14.5. The fraction of sp³-hybridized carbons (Fsp3) is 0. The summed E-state index contributed by atoms with van der Waals surface area (Å²) in [6.45, 7) is 0. The van der Waals surface area contributed by atoms with Crippen LogP contribution in [0.15, 0.2) is 121 Å². The van der Waals surface area contributed by atoms with Crippen molar-refractivity contribution in [2.45, 2.75) is 0 Å². The molecule has 0 aliphatic heterocycles. The number of hydrogen-bond donors (Lipinski definition) is 2. The maximum atomic E-state index is 12.1. The second kappa shape index (κ2) is 12.6. The first-order valence-corrected chi connectivity index (χ1v) is 19.1. The molecule has 2 nitrogen and oxygen atoms in total. The Balaban J connectivity index is 1.41. The van der Waals surface area contributed by atoms with Gasteiger partial charge in [0, 0.05) is 36.5 Å². The van der Waals surface area contributed by atoms with Crippen molar-refractivity contribution in [1.82, 2.24) is 0 Å². The molecule has 1 aromatic heterocycles. The van der Waals surface area contributed by atoms with Crippen LogP contribution in [0.25, 0.3) is 86.2 Å². The molecule has 246 valence electrons. The third-order valence-electron chi connectivity index (χ3n) is 11.8. The third-order valence-corrected chi connectivity index (χ3v) is 13.0. The van der Waals surface area contributed by atoms with Crippen LogP contribution in [0, 0.1) is 0 Å². The van der Waals surface area contributed by atoms with Gasteiger partial charge in [-0.1, -0.05) is 142 Å². The average molecular weight is 692 g/mol. The Bertz CT molecular complexity index is 2880. The van der Waals surface area contributed by atoms with Gasteiger partial charge in [0.05, 0.1) is 0 Å². The van der Waals surface area contributed by atoms with Crippen molar-refractivity contribution in [1.29, 1.82) is 0 Å². The highest BCUT2D eigenvalue weighted by Gasteiger charge is 2.27. The monoisotopic (exact) mass is 692 g/mol. The topological polar surface area (TPSA) is 40.5 Å². The molecule has 2 N–H and O–H groups in total. The molecule has 53 heavy (non-hydrogen) atoms. The number of rotatable bonds is 4. The highest BCUT2D eigenvalue weighted by atomic mass is 32.1. The fourth-order valence-corrected chi connectivity index (χ4v) is 9.72. The van der Waals surface area contributed by atoms with Gasteiger partial charge in [0.1, 0.15) is 58.6 Å². The molecule has 0 atom stereocenters. The van der Waals surface area contributed by atoms with Crippen molar-refractivity contribution in [3.63, 3.8) is 0 Å². The van der Waals surface area contributed by atoms with Crippen molar-refractivity contribution >= 4 is 133 Å². The summed E-state index contributed by atoms with van der Waals surface area (Å²) in [5.41, 5.74) is 14.8. The van der Waals surface area contributed by atoms with E-state index in [1.54, 1.807) is 0 Å². The minimum absolute atomic E-state index is 0.264. The summed E-state index contributed by atoms with van der Waals surface area (Å²) in [4.78, 5) is 0. The van der Waals surface area contributed by atoms with E-state index in [1.807, 2.05) is 45.2 Å². The van der Waals surface area contributed by atoms with Crippen LogP contribution in [-0.4, -0.2) is 57.3 Å². The lowest BCUT2D eigenvalue weighted by molar-refractivity contribution is 0.485. The standard InChI is InChI=1S/C44H34B6O2S/c45-37-33-30(34-36(44(52)42(50)40(48)38(34)46)31(22-11-5-2-6-12-22)35(33)43(51)41(49)39(37)47)24-17-15-23(16-18-24)29-25(21-9-3-1-4-10-21)19-20-28-32(29)26-13-7-8-14-27(26)53-28/h1-20,51-52H,45-50H2. The second-order valence-corrected chi connectivity index (χ2v) is 15.5. The zero-order valence-electron chi connectivity index (χ0n) is 30.8. The fourth-order valence-electron chi connectivity index (χ4n) is 8.60. The summed E-state index contributed by atoms with van der Waals surface area (Å²) in [5.74, 6) is 0.529. The van der Waals surface area contributed by atoms with Gasteiger partial charge in [0.25, 0.3) is 0 Å². The lowest BCUT2D eigenvalue weighted by Crippen LogP contribution is -2.41. The number of thiophene rings is 1. The van der Waals surface area contributed by atoms with Gasteiger partial charge in [-0.15, -0.1) is 11.3 Å². The summed E-state index contributed by atoms with van der Waals surface area (Å²) in [7, 11) is 12.5. The quantitative estimate of drug-likeness (QED) is 0.219. The summed E-state index contributed by atoms with van der Waals surface area (Å²) in [6, 6.07) is 43.1. The molecule has 0 aliphatic carbocycles. The van der Waals surface area contributed by atoms with E-state index in [1.165, 1.54) is 36.9 Å².